The average Bonchev–Trinajstić information content (AvgIpc) is 3.21. The molecule has 1 unspecified atom stereocenters. The highest BCUT2D eigenvalue weighted by atomic mass is 32.1. The van der Waals surface area contributed by atoms with Gasteiger partial charge in [-0.2, -0.15) is 0 Å². The molecular weight excluding hydrogens is 378 g/mol. The van der Waals surface area contributed by atoms with Gasteiger partial charge in [0.05, 0.1) is 21.8 Å². The Morgan fingerprint density at radius 3 is 2.90 bits per heavy atom. The fourth-order valence-corrected chi connectivity index (χ4v) is 5.12. The van der Waals surface area contributed by atoms with Crippen molar-refractivity contribution in [1.29, 1.82) is 0 Å². The number of piperidine rings is 1. The Labute approximate surface area is 173 Å². The number of benzene rings is 2. The molecule has 0 aliphatic carbocycles. The van der Waals surface area contributed by atoms with Crippen LogP contribution < -0.4 is 0 Å². The van der Waals surface area contributed by atoms with Crippen LogP contribution in [0.4, 0.5) is 0 Å². The number of fused-ring (bicyclic) bond motifs is 2. The summed E-state index contributed by atoms with van der Waals surface area (Å²) in [4.78, 5) is 24.4. The number of carbonyl (C=O) groups excluding carboxylic acids is 1. The van der Waals surface area contributed by atoms with Crippen molar-refractivity contribution in [3.8, 4) is 0 Å². The number of nitrogens with zero attached hydrogens (tertiary/aromatic N) is 3. The second-order valence-corrected chi connectivity index (χ2v) is 8.38. The smallest absolute Gasteiger partial charge is 0.247 e. The van der Waals surface area contributed by atoms with E-state index < -0.39 is 0 Å². The molecule has 1 aliphatic heterocycles. The standard InChI is InChI=1S/C24H21N3OS/c28-22(14-13-18-8-5-7-17-9-6-15-25-23(17)18)27-16-4-3-11-20(27)24-26-19-10-1-2-12-21(19)29-24/h1-2,5-10,12-15,20H,3-4,11,16H2/b14-13+. The van der Waals surface area contributed by atoms with Crippen molar-refractivity contribution in [3.63, 3.8) is 0 Å². The predicted molar refractivity (Wildman–Crippen MR) is 119 cm³/mol. The van der Waals surface area contributed by atoms with E-state index in [1.54, 1.807) is 23.6 Å². The summed E-state index contributed by atoms with van der Waals surface area (Å²) in [7, 11) is 0. The van der Waals surface area contributed by atoms with E-state index in [0.717, 1.165) is 52.8 Å². The molecule has 0 spiro atoms. The maximum absolute atomic E-state index is 13.1. The number of hydrogen-bond donors (Lipinski definition) is 0. The molecule has 29 heavy (non-hydrogen) atoms. The normalized spacial score (nSPS) is 17.4. The molecule has 0 N–H and O–H groups in total. The summed E-state index contributed by atoms with van der Waals surface area (Å²) in [6.45, 7) is 0.775. The zero-order valence-electron chi connectivity index (χ0n) is 16.0. The molecule has 3 heterocycles. The van der Waals surface area contributed by atoms with Crippen LogP contribution in [0.3, 0.4) is 0 Å². The maximum Gasteiger partial charge on any atom is 0.247 e. The number of para-hydroxylation sites is 2. The lowest BCUT2D eigenvalue weighted by Gasteiger charge is -2.33. The van der Waals surface area contributed by atoms with Crippen LogP contribution in [0.15, 0.2) is 66.9 Å². The first-order valence-corrected chi connectivity index (χ1v) is 10.8. The zero-order valence-corrected chi connectivity index (χ0v) is 16.8. The van der Waals surface area contributed by atoms with Gasteiger partial charge < -0.3 is 4.90 Å². The largest absolute Gasteiger partial charge is 0.330 e. The highest BCUT2D eigenvalue weighted by Gasteiger charge is 2.29. The zero-order chi connectivity index (χ0) is 19.6. The van der Waals surface area contributed by atoms with Crippen molar-refractivity contribution >= 4 is 44.4 Å². The Kier molecular flexibility index (Phi) is 4.82. The molecular formula is C24H21N3OS. The van der Waals surface area contributed by atoms with E-state index in [4.69, 9.17) is 4.98 Å². The first-order valence-electron chi connectivity index (χ1n) is 9.97. The summed E-state index contributed by atoms with van der Waals surface area (Å²) in [6.07, 6.45) is 8.50. The van der Waals surface area contributed by atoms with Gasteiger partial charge in [-0.1, -0.05) is 36.4 Å². The van der Waals surface area contributed by atoms with Crippen molar-refractivity contribution < 1.29 is 4.79 Å². The average molecular weight is 400 g/mol. The van der Waals surface area contributed by atoms with Gasteiger partial charge in [0.1, 0.15) is 5.01 Å². The van der Waals surface area contributed by atoms with Crippen LogP contribution in [0.2, 0.25) is 0 Å². The fraction of sp³-hybridized carbons (Fsp3) is 0.208. The summed E-state index contributed by atoms with van der Waals surface area (Å²) < 4.78 is 1.18. The number of amides is 1. The molecule has 2 aromatic heterocycles. The maximum atomic E-state index is 13.1. The van der Waals surface area contributed by atoms with Crippen molar-refractivity contribution in [2.24, 2.45) is 0 Å². The fourth-order valence-electron chi connectivity index (χ4n) is 4.00. The monoisotopic (exact) mass is 399 g/mol. The second-order valence-electron chi connectivity index (χ2n) is 7.32. The third-order valence-corrected chi connectivity index (χ3v) is 6.59. The van der Waals surface area contributed by atoms with Gasteiger partial charge in [-0.3, -0.25) is 9.78 Å². The SMILES string of the molecule is O=C(/C=C/c1cccc2cccnc12)N1CCCCC1c1nc2ccccc2s1. The van der Waals surface area contributed by atoms with Gasteiger partial charge in [0, 0.05) is 29.8 Å². The number of rotatable bonds is 3. The number of aromatic nitrogens is 2. The number of hydrogen-bond acceptors (Lipinski definition) is 4. The van der Waals surface area contributed by atoms with Crippen LogP contribution in [0, 0.1) is 0 Å². The third-order valence-electron chi connectivity index (χ3n) is 5.45. The van der Waals surface area contributed by atoms with Gasteiger partial charge >= 0.3 is 0 Å². The quantitative estimate of drug-likeness (QED) is 0.421. The van der Waals surface area contributed by atoms with Crippen molar-refractivity contribution in [3.05, 3.63) is 77.4 Å². The van der Waals surface area contributed by atoms with E-state index in [1.807, 2.05) is 59.5 Å². The first kappa shape index (κ1) is 18.0. The molecule has 1 fully saturated rings. The van der Waals surface area contributed by atoms with Crippen LogP contribution in [0.1, 0.15) is 35.9 Å². The van der Waals surface area contributed by atoms with Crippen LogP contribution in [-0.2, 0) is 4.79 Å². The lowest BCUT2D eigenvalue weighted by Crippen LogP contribution is -2.37. The Bertz CT molecular complexity index is 1170. The van der Waals surface area contributed by atoms with Gasteiger partial charge in [-0.15, -0.1) is 11.3 Å². The summed E-state index contributed by atoms with van der Waals surface area (Å²) >= 11 is 1.70. The van der Waals surface area contributed by atoms with Gasteiger partial charge in [0.25, 0.3) is 0 Å². The third kappa shape index (κ3) is 3.54. The van der Waals surface area contributed by atoms with Crippen molar-refractivity contribution in [2.75, 3.05) is 6.54 Å². The van der Waals surface area contributed by atoms with Gasteiger partial charge in [0.2, 0.25) is 5.91 Å². The molecule has 2 aromatic carbocycles. The summed E-state index contributed by atoms with van der Waals surface area (Å²) in [5.74, 6) is 0.0434. The molecule has 144 valence electrons. The second kappa shape index (κ2) is 7.76. The highest BCUT2D eigenvalue weighted by Crippen LogP contribution is 2.35. The molecule has 1 atom stereocenters. The van der Waals surface area contributed by atoms with Crippen LogP contribution in [0.5, 0.6) is 0 Å². The molecule has 5 heteroatoms. The molecule has 1 aliphatic rings. The summed E-state index contributed by atoms with van der Waals surface area (Å²) in [5.41, 5.74) is 2.90. The Morgan fingerprint density at radius 2 is 1.97 bits per heavy atom. The molecule has 5 rings (SSSR count). The molecule has 4 nitrogen and oxygen atoms in total. The molecule has 4 aromatic rings. The van der Waals surface area contributed by atoms with E-state index >= 15 is 0 Å². The molecule has 0 saturated carbocycles. The highest BCUT2D eigenvalue weighted by molar-refractivity contribution is 7.18. The van der Waals surface area contributed by atoms with E-state index in [0.29, 0.717) is 0 Å². The minimum atomic E-state index is 0.0434. The molecule has 1 amide bonds. The lowest BCUT2D eigenvalue weighted by molar-refractivity contribution is -0.129. The van der Waals surface area contributed by atoms with Crippen LogP contribution in [0.25, 0.3) is 27.2 Å². The van der Waals surface area contributed by atoms with Crippen LogP contribution >= 0.6 is 11.3 Å². The van der Waals surface area contributed by atoms with E-state index in [9.17, 15) is 4.79 Å². The minimum absolute atomic E-state index is 0.0434. The van der Waals surface area contributed by atoms with Crippen LogP contribution in [-0.4, -0.2) is 27.3 Å². The number of likely N-dealkylation sites (tertiary alicyclic amines) is 1. The number of thiazole rings is 1. The Morgan fingerprint density at radius 1 is 1.07 bits per heavy atom. The van der Waals surface area contributed by atoms with Gasteiger partial charge in [0.15, 0.2) is 0 Å². The summed E-state index contributed by atoms with van der Waals surface area (Å²) in [5, 5.41) is 2.12. The van der Waals surface area contributed by atoms with Gasteiger partial charge in [-0.25, -0.2) is 4.98 Å². The topological polar surface area (TPSA) is 46.1 Å². The number of pyridine rings is 1. The van der Waals surface area contributed by atoms with E-state index in [-0.39, 0.29) is 11.9 Å². The Hall–Kier alpha value is -3.05. The molecule has 1 saturated heterocycles. The Balaban J connectivity index is 1.43. The minimum Gasteiger partial charge on any atom is -0.330 e. The molecule has 0 bridgehead atoms. The first-order chi connectivity index (χ1) is 14.3. The summed E-state index contributed by atoms with van der Waals surface area (Å²) in [6, 6.07) is 18.2. The lowest BCUT2D eigenvalue weighted by atomic mass is 10.0. The molecule has 0 radical (unpaired) electrons. The van der Waals surface area contributed by atoms with Crippen molar-refractivity contribution in [2.45, 2.75) is 25.3 Å². The van der Waals surface area contributed by atoms with Gasteiger partial charge in [-0.05, 0) is 43.5 Å². The number of carbonyl (C=O) groups is 1. The van der Waals surface area contributed by atoms with Crippen molar-refractivity contribution in [1.82, 2.24) is 14.9 Å². The van der Waals surface area contributed by atoms with E-state index in [2.05, 4.69) is 11.1 Å². The predicted octanol–water partition coefficient (Wildman–Crippen LogP) is 5.61. The van der Waals surface area contributed by atoms with E-state index in [1.165, 1.54) is 4.70 Å².